The number of urea groups is 1. The van der Waals surface area contributed by atoms with Crippen molar-refractivity contribution >= 4 is 29.2 Å². The van der Waals surface area contributed by atoms with Crippen LogP contribution in [0.1, 0.15) is 13.3 Å². The van der Waals surface area contributed by atoms with E-state index in [1.165, 1.54) is 12.0 Å². The molecular weight excluding hydrogens is 386 g/mol. The van der Waals surface area contributed by atoms with E-state index in [-0.39, 0.29) is 25.5 Å². The molecule has 0 bridgehead atoms. The molecule has 1 N–H and O–H groups in total. The number of ether oxygens (including phenoxy) is 2. The fourth-order valence-corrected chi connectivity index (χ4v) is 3.28. The summed E-state index contributed by atoms with van der Waals surface area (Å²) < 4.78 is 10.5. The molecule has 3 rings (SSSR count). The van der Waals surface area contributed by atoms with E-state index in [2.05, 4.69) is 5.32 Å². The summed E-state index contributed by atoms with van der Waals surface area (Å²) in [5.41, 5.74) is 1.06. The minimum absolute atomic E-state index is 0.148. The molecule has 0 unspecified atom stereocenters. The van der Waals surface area contributed by atoms with Crippen LogP contribution in [0.15, 0.2) is 54.6 Å². The summed E-state index contributed by atoms with van der Waals surface area (Å²) in [5, 5.41) is 2.77. The summed E-state index contributed by atoms with van der Waals surface area (Å²) in [7, 11) is 1.52. The molecule has 2 aromatic carbocycles. The minimum atomic E-state index is -0.893. The first kappa shape index (κ1) is 21.3. The average Bonchev–Trinajstić information content (AvgIpc) is 2.98. The van der Waals surface area contributed by atoms with Crippen molar-refractivity contribution in [1.29, 1.82) is 0 Å². The zero-order chi connectivity index (χ0) is 21.5. The van der Waals surface area contributed by atoms with Gasteiger partial charge in [0, 0.05) is 19.3 Å². The molecule has 0 radical (unpaired) electrons. The molecule has 8 nitrogen and oxygen atoms in total. The fraction of sp³-hybridized carbons (Fsp3) is 0.318. The quantitative estimate of drug-likeness (QED) is 0.641. The van der Waals surface area contributed by atoms with Gasteiger partial charge in [-0.15, -0.1) is 0 Å². The Balaban J connectivity index is 1.73. The highest BCUT2D eigenvalue weighted by molar-refractivity contribution is 6.22. The Bertz CT molecular complexity index is 885. The van der Waals surface area contributed by atoms with Gasteiger partial charge in [-0.2, -0.15) is 0 Å². The van der Waals surface area contributed by atoms with Crippen LogP contribution in [0.4, 0.5) is 16.2 Å². The van der Waals surface area contributed by atoms with Crippen LogP contribution in [0.3, 0.4) is 0 Å². The van der Waals surface area contributed by atoms with E-state index < -0.39 is 18.0 Å². The number of para-hydroxylation sites is 1. The molecular formula is C22H25N3O5. The molecule has 4 amide bonds. The van der Waals surface area contributed by atoms with Gasteiger partial charge in [0.25, 0.3) is 5.91 Å². The minimum Gasteiger partial charge on any atom is -0.494 e. The summed E-state index contributed by atoms with van der Waals surface area (Å²) in [4.78, 5) is 41.0. The second kappa shape index (κ2) is 9.89. The van der Waals surface area contributed by atoms with Crippen LogP contribution in [0, 0.1) is 0 Å². The highest BCUT2D eigenvalue weighted by Gasteiger charge is 2.46. The van der Waals surface area contributed by atoms with E-state index in [0.29, 0.717) is 23.7 Å². The molecule has 1 atom stereocenters. The van der Waals surface area contributed by atoms with Gasteiger partial charge in [0.2, 0.25) is 5.91 Å². The molecule has 30 heavy (non-hydrogen) atoms. The molecule has 0 aliphatic carbocycles. The second-order valence-corrected chi connectivity index (χ2v) is 6.70. The van der Waals surface area contributed by atoms with Gasteiger partial charge in [0.05, 0.1) is 25.3 Å². The lowest BCUT2D eigenvalue weighted by atomic mass is 10.1. The molecule has 0 spiro atoms. The number of nitrogens with zero attached hydrogens (tertiary/aromatic N) is 2. The van der Waals surface area contributed by atoms with Crippen LogP contribution in [-0.2, 0) is 14.3 Å². The Kier molecular flexibility index (Phi) is 7.03. The van der Waals surface area contributed by atoms with Crippen molar-refractivity contribution < 1.29 is 23.9 Å². The van der Waals surface area contributed by atoms with Crippen LogP contribution >= 0.6 is 0 Å². The van der Waals surface area contributed by atoms with E-state index in [4.69, 9.17) is 9.47 Å². The summed E-state index contributed by atoms with van der Waals surface area (Å²) in [5.74, 6) is -0.0805. The Hall–Kier alpha value is -3.39. The highest BCUT2D eigenvalue weighted by Crippen LogP contribution is 2.27. The maximum Gasteiger partial charge on any atom is 0.332 e. The summed E-state index contributed by atoms with van der Waals surface area (Å²) in [6, 6.07) is 14.3. The van der Waals surface area contributed by atoms with Gasteiger partial charge in [-0.1, -0.05) is 18.2 Å². The number of benzene rings is 2. The number of hydrogen-bond donors (Lipinski definition) is 1. The predicted octanol–water partition coefficient (Wildman–Crippen LogP) is 2.90. The van der Waals surface area contributed by atoms with E-state index in [9.17, 15) is 14.4 Å². The predicted molar refractivity (Wildman–Crippen MR) is 113 cm³/mol. The summed E-state index contributed by atoms with van der Waals surface area (Å²) in [6.45, 7) is 2.92. The lowest BCUT2D eigenvalue weighted by molar-refractivity contribution is -0.124. The maximum atomic E-state index is 13.0. The third kappa shape index (κ3) is 4.77. The fourth-order valence-electron chi connectivity index (χ4n) is 3.28. The van der Waals surface area contributed by atoms with Crippen LogP contribution in [-0.4, -0.2) is 55.7 Å². The molecule has 1 aliphatic heterocycles. The second-order valence-electron chi connectivity index (χ2n) is 6.70. The lowest BCUT2D eigenvalue weighted by Crippen LogP contribution is -2.39. The van der Waals surface area contributed by atoms with Crippen LogP contribution in [0.25, 0.3) is 0 Å². The number of carbonyl (C=O) groups excluding carboxylic acids is 3. The Morgan fingerprint density at radius 1 is 1.07 bits per heavy atom. The molecule has 8 heteroatoms. The topological polar surface area (TPSA) is 88.2 Å². The van der Waals surface area contributed by atoms with Crippen molar-refractivity contribution in [3.63, 3.8) is 0 Å². The van der Waals surface area contributed by atoms with Crippen molar-refractivity contribution in [3.05, 3.63) is 54.6 Å². The van der Waals surface area contributed by atoms with E-state index in [1.807, 2.05) is 6.92 Å². The molecule has 1 aliphatic rings. The molecule has 0 aromatic heterocycles. The van der Waals surface area contributed by atoms with Gasteiger partial charge < -0.3 is 19.7 Å². The standard InChI is InChI=1S/C22H25N3O5/c1-3-30-18-11-9-16(10-12-18)23-20(26)15-19-21(27)25(17-7-5-4-6-8-17)22(28)24(19)13-14-29-2/h4-12,19H,3,13-15H2,1-2H3,(H,23,26)/t19-/m1/s1. The molecule has 1 heterocycles. The Morgan fingerprint density at radius 2 is 1.77 bits per heavy atom. The largest absolute Gasteiger partial charge is 0.494 e. The van der Waals surface area contributed by atoms with Gasteiger partial charge in [0.1, 0.15) is 11.8 Å². The highest BCUT2D eigenvalue weighted by atomic mass is 16.5. The smallest absolute Gasteiger partial charge is 0.332 e. The monoisotopic (exact) mass is 411 g/mol. The molecule has 2 aromatic rings. The number of nitrogens with one attached hydrogen (secondary N) is 1. The van der Waals surface area contributed by atoms with Crippen LogP contribution < -0.4 is 15.0 Å². The van der Waals surface area contributed by atoms with Crippen molar-refractivity contribution in [3.8, 4) is 5.75 Å². The van der Waals surface area contributed by atoms with Crippen LogP contribution in [0.2, 0.25) is 0 Å². The van der Waals surface area contributed by atoms with Crippen molar-refractivity contribution in [2.24, 2.45) is 0 Å². The van der Waals surface area contributed by atoms with Gasteiger partial charge in [-0.25, -0.2) is 9.69 Å². The van der Waals surface area contributed by atoms with Gasteiger partial charge in [0.15, 0.2) is 0 Å². The molecule has 1 saturated heterocycles. The Labute approximate surface area is 175 Å². The number of anilines is 2. The first-order valence-corrected chi connectivity index (χ1v) is 9.76. The number of hydrogen-bond acceptors (Lipinski definition) is 5. The number of methoxy groups -OCH3 is 1. The van der Waals surface area contributed by atoms with E-state index in [1.54, 1.807) is 54.6 Å². The lowest BCUT2D eigenvalue weighted by Gasteiger charge is -2.21. The SMILES string of the molecule is CCOc1ccc(NC(=O)C[C@@H]2C(=O)N(c3ccccc3)C(=O)N2CCOC)cc1. The normalized spacial score (nSPS) is 16.1. The summed E-state index contributed by atoms with van der Waals surface area (Å²) >= 11 is 0. The zero-order valence-electron chi connectivity index (χ0n) is 17.0. The van der Waals surface area contributed by atoms with Gasteiger partial charge >= 0.3 is 6.03 Å². The first-order valence-electron chi connectivity index (χ1n) is 9.76. The van der Waals surface area contributed by atoms with E-state index in [0.717, 1.165) is 4.90 Å². The van der Waals surface area contributed by atoms with Gasteiger partial charge in [-0.3, -0.25) is 9.59 Å². The van der Waals surface area contributed by atoms with Crippen molar-refractivity contribution in [2.75, 3.05) is 37.1 Å². The molecule has 0 saturated carbocycles. The van der Waals surface area contributed by atoms with Crippen molar-refractivity contribution in [1.82, 2.24) is 4.90 Å². The first-order chi connectivity index (χ1) is 14.5. The van der Waals surface area contributed by atoms with Crippen LogP contribution in [0.5, 0.6) is 5.75 Å². The molecule has 158 valence electrons. The third-order valence-corrected chi connectivity index (χ3v) is 4.70. The Morgan fingerprint density at radius 3 is 2.40 bits per heavy atom. The molecule has 1 fully saturated rings. The number of amides is 4. The number of carbonyl (C=O) groups is 3. The summed E-state index contributed by atoms with van der Waals surface area (Å²) in [6.07, 6.45) is -0.148. The number of rotatable bonds is 9. The third-order valence-electron chi connectivity index (χ3n) is 4.70. The zero-order valence-corrected chi connectivity index (χ0v) is 17.0. The number of imide groups is 1. The van der Waals surface area contributed by atoms with Crippen molar-refractivity contribution in [2.45, 2.75) is 19.4 Å². The van der Waals surface area contributed by atoms with Gasteiger partial charge in [-0.05, 0) is 43.3 Å². The average molecular weight is 411 g/mol. The van der Waals surface area contributed by atoms with E-state index >= 15 is 0 Å². The maximum absolute atomic E-state index is 13.0.